The minimum Gasteiger partial charge on any atom is -0.308 e. The highest BCUT2D eigenvalue weighted by Crippen LogP contribution is 2.04. The van der Waals surface area contributed by atoms with Crippen molar-refractivity contribution in [3.05, 3.63) is 41.5 Å². The topological polar surface area (TPSA) is 17.1 Å². The molecule has 1 aromatic rings. The van der Waals surface area contributed by atoms with Gasteiger partial charge < -0.3 is 4.79 Å². The molecule has 0 aliphatic rings. The van der Waals surface area contributed by atoms with Crippen LogP contribution in [-0.4, -0.2) is 13.5 Å². The molecular formula is C10H9BO. The second-order valence-corrected chi connectivity index (χ2v) is 2.65. The largest absolute Gasteiger partial charge is 0.308 e. The highest BCUT2D eigenvalue weighted by atomic mass is 16.1. The van der Waals surface area contributed by atoms with Crippen LogP contribution in [0.5, 0.6) is 0 Å². The second-order valence-electron chi connectivity index (χ2n) is 2.65. The third-order valence-electron chi connectivity index (χ3n) is 1.52. The van der Waals surface area contributed by atoms with Gasteiger partial charge in [0.25, 0.3) is 0 Å². The van der Waals surface area contributed by atoms with E-state index in [0.29, 0.717) is 0 Å². The van der Waals surface area contributed by atoms with Crippen LogP contribution in [0.2, 0.25) is 0 Å². The molecule has 0 aliphatic heterocycles. The van der Waals surface area contributed by atoms with Crippen LogP contribution >= 0.6 is 0 Å². The lowest BCUT2D eigenvalue weighted by Gasteiger charge is -1.93. The summed E-state index contributed by atoms with van der Waals surface area (Å²) in [5.74, 6) is 0. The van der Waals surface area contributed by atoms with Crippen molar-refractivity contribution in [3.8, 4) is 0 Å². The Labute approximate surface area is 73.5 Å². The fourth-order valence-corrected chi connectivity index (χ4v) is 0.856. The normalized spacial score (nSPS) is 10.4. The summed E-state index contributed by atoms with van der Waals surface area (Å²) in [5.41, 5.74) is 1.77. The molecule has 1 rings (SSSR count). The van der Waals surface area contributed by atoms with Gasteiger partial charge in [-0.1, -0.05) is 35.9 Å². The van der Waals surface area contributed by atoms with E-state index < -0.39 is 5.68 Å². The number of rotatable bonds is 2. The van der Waals surface area contributed by atoms with Gasteiger partial charge in [-0.05, 0) is 18.6 Å². The average molecular weight is 156 g/mol. The molecule has 0 N–H and O–H groups in total. The maximum atomic E-state index is 10.4. The Balaban J connectivity index is 2.77. The van der Waals surface area contributed by atoms with Crippen molar-refractivity contribution >= 4 is 19.6 Å². The molecule has 0 unspecified atom stereocenters. The molecule has 0 aliphatic carbocycles. The lowest BCUT2D eigenvalue weighted by Crippen LogP contribution is -1.87. The van der Waals surface area contributed by atoms with Crippen LogP contribution in [0.4, 0.5) is 0 Å². The zero-order valence-corrected chi connectivity index (χ0v) is 6.95. The van der Waals surface area contributed by atoms with E-state index in [1.165, 1.54) is 11.6 Å². The monoisotopic (exact) mass is 156 g/mol. The Hall–Kier alpha value is -1.31. The van der Waals surface area contributed by atoms with E-state index in [4.69, 9.17) is 7.85 Å². The summed E-state index contributed by atoms with van der Waals surface area (Å²) < 4.78 is 0. The van der Waals surface area contributed by atoms with Gasteiger partial charge in [-0.25, -0.2) is 0 Å². The van der Waals surface area contributed by atoms with Crippen LogP contribution in [0, 0.1) is 6.92 Å². The van der Waals surface area contributed by atoms with E-state index in [2.05, 4.69) is 0 Å². The van der Waals surface area contributed by atoms with Crippen LogP contribution in [-0.2, 0) is 4.79 Å². The SMILES string of the molecule is [B]C(=O)/C=C/c1ccc(C)cc1. The minimum absolute atomic E-state index is 0.421. The van der Waals surface area contributed by atoms with E-state index >= 15 is 0 Å². The first-order valence-corrected chi connectivity index (χ1v) is 3.72. The summed E-state index contributed by atoms with van der Waals surface area (Å²) in [7, 11) is 4.94. The molecule has 0 heterocycles. The van der Waals surface area contributed by atoms with Crippen LogP contribution < -0.4 is 0 Å². The van der Waals surface area contributed by atoms with Gasteiger partial charge in [0, 0.05) is 0 Å². The molecule has 0 aromatic heterocycles. The summed E-state index contributed by atoms with van der Waals surface area (Å²) in [6.07, 6.45) is 3.05. The summed E-state index contributed by atoms with van der Waals surface area (Å²) in [4.78, 5) is 10.4. The molecule has 1 aromatic carbocycles. The van der Waals surface area contributed by atoms with Gasteiger partial charge in [0.05, 0.1) is 5.68 Å². The summed E-state index contributed by atoms with van der Waals surface area (Å²) in [6.45, 7) is 2.02. The van der Waals surface area contributed by atoms with Crippen molar-refractivity contribution < 1.29 is 4.79 Å². The summed E-state index contributed by atoms with van der Waals surface area (Å²) in [5, 5.41) is 0. The van der Waals surface area contributed by atoms with Crippen molar-refractivity contribution in [1.82, 2.24) is 0 Å². The summed E-state index contributed by atoms with van der Waals surface area (Å²) >= 11 is 0. The number of carbonyl (C=O) groups is 1. The maximum Gasteiger partial charge on any atom is 0.174 e. The number of hydrogen-bond acceptors (Lipinski definition) is 1. The molecule has 1 nitrogen and oxygen atoms in total. The maximum absolute atomic E-state index is 10.4. The molecule has 0 saturated heterocycles. The molecule has 58 valence electrons. The number of carbonyl (C=O) groups excluding carboxylic acids is 1. The second kappa shape index (κ2) is 3.91. The highest BCUT2D eigenvalue weighted by Gasteiger charge is 1.86. The molecular weight excluding hydrogens is 147 g/mol. The molecule has 0 saturated carbocycles. The van der Waals surface area contributed by atoms with Gasteiger partial charge in [-0.15, -0.1) is 0 Å². The van der Waals surface area contributed by atoms with E-state index in [1.54, 1.807) is 6.08 Å². The van der Waals surface area contributed by atoms with Crippen LogP contribution in [0.25, 0.3) is 6.08 Å². The zero-order chi connectivity index (χ0) is 8.97. The lowest BCUT2D eigenvalue weighted by molar-refractivity contribution is -0.107. The van der Waals surface area contributed by atoms with Crippen LogP contribution in [0.3, 0.4) is 0 Å². The van der Waals surface area contributed by atoms with Crippen molar-refractivity contribution in [2.75, 3.05) is 0 Å². The van der Waals surface area contributed by atoms with Gasteiger partial charge in [0.15, 0.2) is 7.85 Å². The van der Waals surface area contributed by atoms with Gasteiger partial charge in [0.2, 0.25) is 0 Å². The third kappa shape index (κ3) is 2.75. The standard InChI is InChI=1S/C10H9BO/c1-8-2-4-9(5-3-8)6-7-10(11)12/h2-7H,1H3/b7-6+. The minimum atomic E-state index is -0.421. The Kier molecular flexibility index (Phi) is 2.86. The predicted octanol–water partition coefficient (Wildman–Crippen LogP) is 1.70. The van der Waals surface area contributed by atoms with Gasteiger partial charge in [0.1, 0.15) is 0 Å². The molecule has 0 spiro atoms. The van der Waals surface area contributed by atoms with Gasteiger partial charge >= 0.3 is 0 Å². The van der Waals surface area contributed by atoms with Gasteiger partial charge in [-0.3, -0.25) is 0 Å². The Morgan fingerprint density at radius 2 is 1.92 bits per heavy atom. The Bertz CT molecular complexity index is 298. The Morgan fingerprint density at radius 1 is 1.33 bits per heavy atom. The summed E-state index contributed by atoms with van der Waals surface area (Å²) in [6, 6.07) is 7.85. The number of benzene rings is 1. The molecule has 0 bridgehead atoms. The fourth-order valence-electron chi connectivity index (χ4n) is 0.856. The van der Waals surface area contributed by atoms with Gasteiger partial charge in [-0.2, -0.15) is 0 Å². The number of aryl methyl sites for hydroxylation is 1. The van der Waals surface area contributed by atoms with Crippen molar-refractivity contribution in [2.45, 2.75) is 6.92 Å². The molecule has 2 heteroatoms. The first-order chi connectivity index (χ1) is 5.68. The molecule has 2 radical (unpaired) electrons. The third-order valence-corrected chi connectivity index (χ3v) is 1.52. The molecule has 0 amide bonds. The van der Waals surface area contributed by atoms with E-state index in [0.717, 1.165) is 5.56 Å². The highest BCUT2D eigenvalue weighted by molar-refractivity contribution is 6.61. The smallest absolute Gasteiger partial charge is 0.174 e. The Morgan fingerprint density at radius 3 is 2.42 bits per heavy atom. The quantitative estimate of drug-likeness (QED) is 0.470. The van der Waals surface area contributed by atoms with E-state index in [1.807, 2.05) is 31.2 Å². The first kappa shape index (κ1) is 8.79. The zero-order valence-electron chi connectivity index (χ0n) is 6.95. The van der Waals surface area contributed by atoms with Crippen LogP contribution in [0.1, 0.15) is 11.1 Å². The fraction of sp³-hybridized carbons (Fsp3) is 0.100. The average Bonchev–Trinajstić information content (AvgIpc) is 2.03. The number of allylic oxidation sites excluding steroid dienone is 1. The molecule has 12 heavy (non-hydrogen) atoms. The van der Waals surface area contributed by atoms with E-state index in [-0.39, 0.29) is 0 Å². The van der Waals surface area contributed by atoms with Crippen molar-refractivity contribution in [2.24, 2.45) is 0 Å². The number of hydrogen-bond donors (Lipinski definition) is 0. The van der Waals surface area contributed by atoms with Crippen molar-refractivity contribution in [1.29, 1.82) is 0 Å². The van der Waals surface area contributed by atoms with Crippen LogP contribution in [0.15, 0.2) is 30.3 Å². The van der Waals surface area contributed by atoms with E-state index in [9.17, 15) is 4.79 Å². The lowest BCUT2D eigenvalue weighted by atomic mass is 10.0. The molecule has 0 atom stereocenters. The van der Waals surface area contributed by atoms with Crippen molar-refractivity contribution in [3.63, 3.8) is 0 Å². The predicted molar refractivity (Wildman–Crippen MR) is 51.0 cm³/mol. The first-order valence-electron chi connectivity index (χ1n) is 3.72. The molecule has 0 fully saturated rings.